The Morgan fingerprint density at radius 2 is 2.10 bits per heavy atom. The van der Waals surface area contributed by atoms with E-state index < -0.39 is 5.97 Å². The van der Waals surface area contributed by atoms with E-state index in [9.17, 15) is 4.79 Å². The number of ether oxygens (including phenoxy) is 3. The number of benzene rings is 1. The van der Waals surface area contributed by atoms with Gasteiger partial charge >= 0.3 is 5.97 Å². The van der Waals surface area contributed by atoms with Crippen molar-refractivity contribution in [3.63, 3.8) is 0 Å². The second-order valence-electron chi connectivity index (χ2n) is 4.89. The molecule has 0 radical (unpaired) electrons. The van der Waals surface area contributed by atoms with Crippen molar-refractivity contribution in [2.75, 3.05) is 26.9 Å². The van der Waals surface area contributed by atoms with Crippen molar-refractivity contribution < 1.29 is 24.1 Å². The first-order valence-electron chi connectivity index (χ1n) is 6.82. The number of aliphatic carboxylic acids is 1. The van der Waals surface area contributed by atoms with Crippen LogP contribution in [0.25, 0.3) is 6.08 Å². The summed E-state index contributed by atoms with van der Waals surface area (Å²) < 4.78 is 16.2. The van der Waals surface area contributed by atoms with E-state index in [1.54, 1.807) is 25.3 Å². The summed E-state index contributed by atoms with van der Waals surface area (Å²) >= 11 is 0. The van der Waals surface area contributed by atoms with Gasteiger partial charge in [-0.05, 0) is 30.2 Å². The first-order valence-corrected chi connectivity index (χ1v) is 6.82. The normalized spacial score (nSPS) is 11.0. The Labute approximate surface area is 125 Å². The molecular formula is C16H22O5. The Morgan fingerprint density at radius 3 is 2.71 bits per heavy atom. The molecule has 21 heavy (non-hydrogen) atoms. The number of methoxy groups -OCH3 is 1. The summed E-state index contributed by atoms with van der Waals surface area (Å²) in [5.74, 6) is 0.717. The van der Waals surface area contributed by atoms with E-state index in [-0.39, 0.29) is 0 Å². The lowest BCUT2D eigenvalue weighted by atomic mass is 10.1. The Bertz CT molecular complexity index is 480. The van der Waals surface area contributed by atoms with Gasteiger partial charge in [-0.1, -0.05) is 13.8 Å². The average Bonchev–Trinajstić information content (AvgIpc) is 2.45. The van der Waals surface area contributed by atoms with Gasteiger partial charge in [-0.2, -0.15) is 0 Å². The van der Waals surface area contributed by atoms with E-state index in [1.807, 2.05) is 0 Å². The smallest absolute Gasteiger partial charge is 0.328 e. The van der Waals surface area contributed by atoms with E-state index in [0.717, 1.165) is 6.08 Å². The zero-order chi connectivity index (χ0) is 15.7. The number of rotatable bonds is 9. The van der Waals surface area contributed by atoms with Crippen molar-refractivity contribution in [1.29, 1.82) is 0 Å². The lowest BCUT2D eigenvalue weighted by molar-refractivity contribution is -0.131. The number of hydrogen-bond donors (Lipinski definition) is 1. The van der Waals surface area contributed by atoms with E-state index in [1.165, 1.54) is 6.08 Å². The average molecular weight is 294 g/mol. The number of carbonyl (C=O) groups is 1. The SMILES string of the molecule is COc1ccc(OCCOCC(C)C)c(/C=C/C(=O)O)c1. The van der Waals surface area contributed by atoms with Crippen LogP contribution in [0.4, 0.5) is 0 Å². The monoisotopic (exact) mass is 294 g/mol. The fourth-order valence-corrected chi connectivity index (χ4v) is 1.61. The van der Waals surface area contributed by atoms with Gasteiger partial charge < -0.3 is 19.3 Å². The highest BCUT2D eigenvalue weighted by atomic mass is 16.5. The highest BCUT2D eigenvalue weighted by Crippen LogP contribution is 2.25. The van der Waals surface area contributed by atoms with Gasteiger partial charge in [-0.15, -0.1) is 0 Å². The molecule has 0 fully saturated rings. The van der Waals surface area contributed by atoms with Crippen molar-refractivity contribution in [3.8, 4) is 11.5 Å². The molecule has 0 aliphatic heterocycles. The molecule has 0 saturated carbocycles. The van der Waals surface area contributed by atoms with Crippen LogP contribution in [-0.4, -0.2) is 38.0 Å². The lowest BCUT2D eigenvalue weighted by Gasteiger charge is -2.11. The van der Waals surface area contributed by atoms with E-state index in [4.69, 9.17) is 19.3 Å². The van der Waals surface area contributed by atoms with Crippen LogP contribution in [0.1, 0.15) is 19.4 Å². The molecule has 0 aliphatic rings. The molecule has 116 valence electrons. The largest absolute Gasteiger partial charge is 0.497 e. The van der Waals surface area contributed by atoms with E-state index >= 15 is 0 Å². The summed E-state index contributed by atoms with van der Waals surface area (Å²) in [6.07, 6.45) is 2.55. The van der Waals surface area contributed by atoms with Crippen LogP contribution in [0, 0.1) is 5.92 Å². The summed E-state index contributed by atoms with van der Waals surface area (Å²) in [4.78, 5) is 10.6. The van der Waals surface area contributed by atoms with Crippen LogP contribution in [0.3, 0.4) is 0 Å². The molecule has 5 heteroatoms. The summed E-state index contributed by atoms with van der Waals surface area (Å²) in [7, 11) is 1.56. The summed E-state index contributed by atoms with van der Waals surface area (Å²) in [5.41, 5.74) is 0.653. The van der Waals surface area contributed by atoms with Crippen LogP contribution in [0.15, 0.2) is 24.3 Å². The standard InChI is InChI=1S/C16H22O5/c1-12(2)11-20-8-9-21-15-6-5-14(19-3)10-13(15)4-7-16(17)18/h4-7,10,12H,8-9,11H2,1-3H3,(H,17,18)/b7-4+. The summed E-state index contributed by atoms with van der Waals surface area (Å²) in [6, 6.07) is 5.25. The Hall–Kier alpha value is -2.01. The molecule has 1 N–H and O–H groups in total. The van der Waals surface area contributed by atoms with Crippen molar-refractivity contribution in [2.45, 2.75) is 13.8 Å². The van der Waals surface area contributed by atoms with Crippen LogP contribution >= 0.6 is 0 Å². The molecule has 0 bridgehead atoms. The van der Waals surface area contributed by atoms with Crippen LogP contribution in [-0.2, 0) is 9.53 Å². The Morgan fingerprint density at radius 1 is 1.33 bits per heavy atom. The minimum Gasteiger partial charge on any atom is -0.497 e. The van der Waals surface area contributed by atoms with Gasteiger partial charge in [0.05, 0.1) is 13.7 Å². The minimum atomic E-state index is -1.01. The number of hydrogen-bond acceptors (Lipinski definition) is 4. The second kappa shape index (κ2) is 9.02. The zero-order valence-electron chi connectivity index (χ0n) is 12.7. The third kappa shape index (κ3) is 6.81. The molecule has 5 nitrogen and oxygen atoms in total. The van der Waals surface area contributed by atoms with E-state index in [2.05, 4.69) is 13.8 Å². The van der Waals surface area contributed by atoms with Crippen molar-refractivity contribution in [1.82, 2.24) is 0 Å². The molecule has 0 spiro atoms. The first kappa shape index (κ1) is 17.0. The molecule has 0 heterocycles. The van der Waals surface area contributed by atoms with Gasteiger partial charge in [0.1, 0.15) is 18.1 Å². The fraction of sp³-hybridized carbons (Fsp3) is 0.438. The van der Waals surface area contributed by atoms with Gasteiger partial charge in [0.15, 0.2) is 0 Å². The third-order valence-electron chi connectivity index (χ3n) is 2.56. The number of carboxylic acids is 1. The maximum absolute atomic E-state index is 10.6. The predicted molar refractivity (Wildman–Crippen MR) is 80.8 cm³/mol. The van der Waals surface area contributed by atoms with E-state index in [0.29, 0.717) is 42.8 Å². The highest BCUT2D eigenvalue weighted by Gasteiger charge is 2.04. The van der Waals surface area contributed by atoms with Crippen LogP contribution < -0.4 is 9.47 Å². The summed E-state index contributed by atoms with van der Waals surface area (Å²) in [6.45, 7) is 5.76. The van der Waals surface area contributed by atoms with Crippen LogP contribution in [0.5, 0.6) is 11.5 Å². The maximum Gasteiger partial charge on any atom is 0.328 e. The van der Waals surface area contributed by atoms with Gasteiger partial charge in [0, 0.05) is 18.2 Å². The number of carboxylic acid groups (broad SMARTS) is 1. The second-order valence-corrected chi connectivity index (χ2v) is 4.89. The molecule has 1 aromatic carbocycles. The molecule has 1 aromatic rings. The molecule has 0 atom stereocenters. The molecule has 0 aliphatic carbocycles. The quantitative estimate of drug-likeness (QED) is 0.560. The Kier molecular flexibility index (Phi) is 7.32. The molecule has 0 unspecified atom stereocenters. The van der Waals surface area contributed by atoms with Crippen molar-refractivity contribution in [3.05, 3.63) is 29.8 Å². The van der Waals surface area contributed by atoms with Crippen molar-refractivity contribution >= 4 is 12.0 Å². The minimum absolute atomic E-state index is 0.410. The zero-order valence-corrected chi connectivity index (χ0v) is 12.7. The van der Waals surface area contributed by atoms with Gasteiger partial charge in [-0.3, -0.25) is 0 Å². The molecular weight excluding hydrogens is 272 g/mol. The molecule has 0 amide bonds. The molecule has 1 rings (SSSR count). The first-order chi connectivity index (χ1) is 10.0. The molecule has 0 saturated heterocycles. The van der Waals surface area contributed by atoms with Gasteiger partial charge in [0.25, 0.3) is 0 Å². The highest BCUT2D eigenvalue weighted by molar-refractivity contribution is 5.86. The lowest BCUT2D eigenvalue weighted by Crippen LogP contribution is -2.10. The fourth-order valence-electron chi connectivity index (χ4n) is 1.61. The van der Waals surface area contributed by atoms with Crippen molar-refractivity contribution in [2.24, 2.45) is 5.92 Å². The van der Waals surface area contributed by atoms with Gasteiger partial charge in [0.2, 0.25) is 0 Å². The Balaban J connectivity index is 2.65. The molecule has 0 aromatic heterocycles. The van der Waals surface area contributed by atoms with Gasteiger partial charge in [-0.25, -0.2) is 4.79 Å². The third-order valence-corrected chi connectivity index (χ3v) is 2.56. The predicted octanol–water partition coefficient (Wildman–Crippen LogP) is 2.84. The topological polar surface area (TPSA) is 65.0 Å². The maximum atomic E-state index is 10.6. The van der Waals surface area contributed by atoms with Crippen LogP contribution in [0.2, 0.25) is 0 Å². The summed E-state index contributed by atoms with van der Waals surface area (Å²) in [5, 5.41) is 8.71.